The van der Waals surface area contributed by atoms with Crippen LogP contribution >= 0.6 is 11.6 Å². The highest BCUT2D eigenvalue weighted by Gasteiger charge is 2.17. The third-order valence-electron chi connectivity index (χ3n) is 1.51. The lowest BCUT2D eigenvalue weighted by Gasteiger charge is -2.05. The largest absolute Gasteiger partial charge is 0.506 e. The highest BCUT2D eigenvalue weighted by atomic mass is 35.5. The molecule has 1 aromatic rings. The minimum absolute atomic E-state index is 0.0906. The Morgan fingerprint density at radius 1 is 1.64 bits per heavy atom. The maximum atomic E-state index is 12.3. The van der Waals surface area contributed by atoms with Crippen molar-refractivity contribution in [2.75, 3.05) is 0 Å². The predicted octanol–water partition coefficient (Wildman–Crippen LogP) is 2.44. The lowest BCUT2D eigenvalue weighted by molar-refractivity contribution is 0.146. The summed E-state index contributed by atoms with van der Waals surface area (Å²) >= 11 is 5.41. The molecule has 0 bridgehead atoms. The number of hydrogen-bond donors (Lipinski definition) is 1. The highest BCUT2D eigenvalue weighted by Crippen LogP contribution is 2.29. The molecule has 0 atom stereocenters. The molecular formula is C8H5ClF2N2O. The van der Waals surface area contributed by atoms with Gasteiger partial charge in [-0.1, -0.05) is 11.6 Å². The van der Waals surface area contributed by atoms with Gasteiger partial charge in [-0.3, -0.25) is 0 Å². The van der Waals surface area contributed by atoms with Crippen molar-refractivity contribution < 1.29 is 13.9 Å². The van der Waals surface area contributed by atoms with Gasteiger partial charge in [0.2, 0.25) is 0 Å². The van der Waals surface area contributed by atoms with Gasteiger partial charge in [-0.15, -0.1) is 0 Å². The van der Waals surface area contributed by atoms with Crippen LogP contribution < -0.4 is 0 Å². The number of alkyl halides is 2. The van der Waals surface area contributed by atoms with Gasteiger partial charge in [0.05, 0.1) is 23.2 Å². The highest BCUT2D eigenvalue weighted by molar-refractivity contribution is 6.31. The Bertz CT molecular complexity index is 390. The van der Waals surface area contributed by atoms with E-state index in [1.165, 1.54) is 0 Å². The fourth-order valence-electron chi connectivity index (χ4n) is 0.891. The summed E-state index contributed by atoms with van der Waals surface area (Å²) in [5, 5.41) is 17.2. The van der Waals surface area contributed by atoms with Crippen LogP contribution in [0.1, 0.15) is 17.8 Å². The zero-order chi connectivity index (χ0) is 10.7. The molecule has 0 unspecified atom stereocenters. The van der Waals surface area contributed by atoms with Gasteiger partial charge in [0.1, 0.15) is 11.4 Å². The van der Waals surface area contributed by atoms with Crippen molar-refractivity contribution in [1.29, 1.82) is 5.26 Å². The first kappa shape index (κ1) is 10.7. The van der Waals surface area contributed by atoms with Crippen LogP contribution in [0.5, 0.6) is 5.75 Å². The van der Waals surface area contributed by atoms with Gasteiger partial charge in [0.15, 0.2) is 0 Å². The summed E-state index contributed by atoms with van der Waals surface area (Å²) < 4.78 is 24.5. The van der Waals surface area contributed by atoms with Crippen LogP contribution in [0.3, 0.4) is 0 Å². The van der Waals surface area contributed by atoms with Gasteiger partial charge < -0.3 is 5.11 Å². The first-order valence-corrected chi connectivity index (χ1v) is 3.97. The van der Waals surface area contributed by atoms with Crippen LogP contribution in [0.2, 0.25) is 5.02 Å². The molecule has 1 N–H and O–H groups in total. The Balaban J connectivity index is 3.21. The van der Waals surface area contributed by atoms with E-state index in [0.717, 1.165) is 6.07 Å². The van der Waals surface area contributed by atoms with E-state index < -0.39 is 12.1 Å². The van der Waals surface area contributed by atoms with Crippen LogP contribution in [0.15, 0.2) is 6.07 Å². The fraction of sp³-hybridized carbons (Fsp3) is 0.250. The maximum absolute atomic E-state index is 12.3. The molecule has 0 amide bonds. The Kier molecular flexibility index (Phi) is 3.20. The quantitative estimate of drug-likeness (QED) is 0.830. The van der Waals surface area contributed by atoms with Crippen molar-refractivity contribution >= 4 is 11.6 Å². The summed E-state index contributed by atoms with van der Waals surface area (Å²) in [5.41, 5.74) is -0.707. The summed E-state index contributed by atoms with van der Waals surface area (Å²) in [5.74, 6) is -0.346. The SMILES string of the molecule is N#CCc1nc(C(F)F)c(Cl)cc1O. The number of rotatable bonds is 2. The molecule has 0 aromatic carbocycles. The maximum Gasteiger partial charge on any atom is 0.281 e. The van der Waals surface area contributed by atoms with Crippen LogP contribution in [-0.4, -0.2) is 10.1 Å². The van der Waals surface area contributed by atoms with Crippen LogP contribution in [-0.2, 0) is 6.42 Å². The summed E-state index contributed by atoms with van der Waals surface area (Å²) in [7, 11) is 0. The van der Waals surface area contributed by atoms with E-state index in [0.29, 0.717) is 0 Å². The predicted molar refractivity (Wildman–Crippen MR) is 45.2 cm³/mol. The van der Waals surface area contributed by atoms with Gasteiger partial charge in [-0.25, -0.2) is 13.8 Å². The molecule has 0 aliphatic rings. The average molecular weight is 219 g/mol. The second kappa shape index (κ2) is 4.20. The van der Waals surface area contributed by atoms with E-state index in [9.17, 15) is 13.9 Å². The molecule has 0 saturated heterocycles. The number of nitriles is 1. The topological polar surface area (TPSA) is 56.9 Å². The lowest BCUT2D eigenvalue weighted by atomic mass is 10.2. The number of nitrogens with zero attached hydrogens (tertiary/aromatic N) is 2. The molecule has 0 aliphatic heterocycles. The van der Waals surface area contributed by atoms with E-state index in [2.05, 4.69) is 4.98 Å². The van der Waals surface area contributed by atoms with E-state index in [1.54, 1.807) is 6.07 Å². The zero-order valence-electron chi connectivity index (χ0n) is 6.84. The molecule has 0 spiro atoms. The minimum atomic E-state index is -2.82. The van der Waals surface area contributed by atoms with Gasteiger partial charge in [-0.05, 0) is 0 Å². The third-order valence-corrected chi connectivity index (χ3v) is 1.82. The summed E-state index contributed by atoms with van der Waals surface area (Å²) in [4.78, 5) is 3.41. The summed E-state index contributed by atoms with van der Waals surface area (Å²) in [6.07, 6.45) is -3.05. The second-order valence-corrected chi connectivity index (χ2v) is 2.86. The number of pyridine rings is 1. The lowest BCUT2D eigenvalue weighted by Crippen LogP contribution is -1.97. The number of hydrogen-bond acceptors (Lipinski definition) is 3. The molecule has 1 rings (SSSR count). The number of aromatic hydroxyl groups is 1. The zero-order valence-corrected chi connectivity index (χ0v) is 7.59. The van der Waals surface area contributed by atoms with Crippen molar-refractivity contribution in [2.24, 2.45) is 0 Å². The molecule has 0 radical (unpaired) electrons. The van der Waals surface area contributed by atoms with Crippen molar-refractivity contribution in [3.63, 3.8) is 0 Å². The van der Waals surface area contributed by atoms with Gasteiger partial charge in [-0.2, -0.15) is 5.26 Å². The Hall–Kier alpha value is -1.41. The van der Waals surface area contributed by atoms with Gasteiger partial charge in [0.25, 0.3) is 6.43 Å². The Labute approximate surface area is 83.6 Å². The van der Waals surface area contributed by atoms with Crippen LogP contribution in [0, 0.1) is 11.3 Å². The number of aromatic nitrogens is 1. The molecule has 3 nitrogen and oxygen atoms in total. The standard InChI is InChI=1S/C8H5ClF2N2O/c9-4-3-6(14)5(1-2-12)13-7(4)8(10)11/h3,8,14H,1H2. The monoisotopic (exact) mass is 218 g/mol. The third kappa shape index (κ3) is 2.09. The first-order valence-electron chi connectivity index (χ1n) is 3.59. The minimum Gasteiger partial charge on any atom is -0.506 e. The van der Waals surface area contributed by atoms with Crippen molar-refractivity contribution in [3.05, 3.63) is 22.5 Å². The van der Waals surface area contributed by atoms with E-state index in [-0.39, 0.29) is 22.9 Å². The smallest absolute Gasteiger partial charge is 0.281 e. The molecular weight excluding hydrogens is 214 g/mol. The molecule has 14 heavy (non-hydrogen) atoms. The molecule has 0 fully saturated rings. The molecule has 6 heteroatoms. The molecule has 74 valence electrons. The van der Waals surface area contributed by atoms with Crippen LogP contribution in [0.25, 0.3) is 0 Å². The van der Waals surface area contributed by atoms with Crippen molar-refractivity contribution in [3.8, 4) is 11.8 Å². The Morgan fingerprint density at radius 2 is 2.29 bits per heavy atom. The summed E-state index contributed by atoms with van der Waals surface area (Å²) in [6, 6.07) is 2.66. The Morgan fingerprint density at radius 3 is 2.79 bits per heavy atom. The first-order chi connectivity index (χ1) is 6.56. The normalized spacial score (nSPS) is 10.2. The summed E-state index contributed by atoms with van der Waals surface area (Å²) in [6.45, 7) is 0. The molecule has 0 aliphatic carbocycles. The van der Waals surface area contributed by atoms with E-state index >= 15 is 0 Å². The number of halogens is 3. The molecule has 1 heterocycles. The van der Waals surface area contributed by atoms with Gasteiger partial charge >= 0.3 is 0 Å². The second-order valence-electron chi connectivity index (χ2n) is 2.46. The van der Waals surface area contributed by atoms with Crippen molar-refractivity contribution in [2.45, 2.75) is 12.8 Å². The molecule has 1 aromatic heterocycles. The molecule has 0 saturated carbocycles. The van der Waals surface area contributed by atoms with E-state index in [1.807, 2.05) is 0 Å². The van der Waals surface area contributed by atoms with Gasteiger partial charge in [0, 0.05) is 6.07 Å². The average Bonchev–Trinajstić information content (AvgIpc) is 2.09. The van der Waals surface area contributed by atoms with E-state index in [4.69, 9.17) is 16.9 Å². The van der Waals surface area contributed by atoms with Crippen LogP contribution in [0.4, 0.5) is 8.78 Å². The fourth-order valence-corrected chi connectivity index (χ4v) is 1.12. The van der Waals surface area contributed by atoms with Crippen molar-refractivity contribution in [1.82, 2.24) is 4.98 Å².